The zero-order valence-electron chi connectivity index (χ0n) is 14.9. The van der Waals surface area contributed by atoms with Gasteiger partial charge in [0.2, 0.25) is 0 Å². The zero-order valence-corrected chi connectivity index (χ0v) is 14.9. The minimum Gasteiger partial charge on any atom is -0.396 e. The number of hydrogen-bond acceptors (Lipinski definition) is 5. The van der Waals surface area contributed by atoms with Crippen molar-refractivity contribution in [1.82, 2.24) is 10.1 Å². The molecule has 0 bridgehead atoms. The fraction of sp³-hybridized carbons (Fsp3) is 0.182. The van der Waals surface area contributed by atoms with Crippen molar-refractivity contribution in [1.29, 1.82) is 0 Å². The Labute approximate surface area is 157 Å². The average Bonchev–Trinajstić information content (AvgIpc) is 3.12. The van der Waals surface area contributed by atoms with E-state index >= 15 is 0 Å². The molecule has 2 aromatic heterocycles. The predicted molar refractivity (Wildman–Crippen MR) is 105 cm³/mol. The Bertz CT molecular complexity index is 1060. The van der Waals surface area contributed by atoms with Crippen LogP contribution in [-0.4, -0.2) is 21.9 Å². The molecule has 0 spiro atoms. The zero-order chi connectivity index (χ0) is 18.6. The van der Waals surface area contributed by atoms with Gasteiger partial charge in [0.1, 0.15) is 5.69 Å². The molecule has 5 nitrogen and oxygen atoms in total. The van der Waals surface area contributed by atoms with Crippen LogP contribution in [0.2, 0.25) is 0 Å². The quantitative estimate of drug-likeness (QED) is 0.549. The van der Waals surface area contributed by atoms with Crippen LogP contribution in [0, 0.1) is 0 Å². The molecule has 2 aromatic carbocycles. The molecular formula is C22H21N3O2. The Morgan fingerprint density at radius 2 is 1.70 bits per heavy atom. The summed E-state index contributed by atoms with van der Waals surface area (Å²) >= 11 is 0. The molecule has 4 rings (SSSR count). The highest BCUT2D eigenvalue weighted by molar-refractivity contribution is 5.92. The summed E-state index contributed by atoms with van der Waals surface area (Å²) in [6.07, 6.45) is 1.15. The standard InChI is InChI=1S/C22H21N3O2/c23-20(14-16-7-5-6-15(24-16)12-13-26)17-8-1-2-9-18(17)22-19-10-3-4-11-21(19)27-25-22/h1-11,20,26H,12-14,23H2. The summed E-state index contributed by atoms with van der Waals surface area (Å²) in [7, 11) is 0. The topological polar surface area (TPSA) is 85.2 Å². The minimum atomic E-state index is -0.228. The molecule has 5 heteroatoms. The molecule has 0 saturated heterocycles. The Morgan fingerprint density at radius 1 is 0.926 bits per heavy atom. The molecule has 136 valence electrons. The van der Waals surface area contributed by atoms with E-state index < -0.39 is 0 Å². The van der Waals surface area contributed by atoms with E-state index in [1.54, 1.807) is 0 Å². The summed E-state index contributed by atoms with van der Waals surface area (Å²) in [5.74, 6) is 0. The molecule has 1 atom stereocenters. The molecule has 0 aliphatic carbocycles. The van der Waals surface area contributed by atoms with Crippen molar-refractivity contribution in [2.75, 3.05) is 6.61 Å². The molecule has 0 fully saturated rings. The van der Waals surface area contributed by atoms with Gasteiger partial charge in [-0.05, 0) is 29.8 Å². The lowest BCUT2D eigenvalue weighted by molar-refractivity contribution is 0.298. The first-order valence-corrected chi connectivity index (χ1v) is 9.01. The van der Waals surface area contributed by atoms with Gasteiger partial charge in [-0.1, -0.05) is 47.6 Å². The van der Waals surface area contributed by atoms with Crippen molar-refractivity contribution in [2.45, 2.75) is 18.9 Å². The summed E-state index contributed by atoms with van der Waals surface area (Å²) in [6, 6.07) is 21.4. The van der Waals surface area contributed by atoms with E-state index in [1.807, 2.05) is 66.7 Å². The van der Waals surface area contributed by atoms with Crippen molar-refractivity contribution >= 4 is 11.0 Å². The average molecular weight is 359 g/mol. The number of para-hydroxylation sites is 1. The fourth-order valence-corrected chi connectivity index (χ4v) is 3.35. The van der Waals surface area contributed by atoms with Crippen molar-refractivity contribution in [3.63, 3.8) is 0 Å². The van der Waals surface area contributed by atoms with E-state index in [4.69, 9.17) is 15.4 Å². The van der Waals surface area contributed by atoms with Gasteiger partial charge in [0.05, 0.1) is 0 Å². The number of nitrogens with zero attached hydrogens (tertiary/aromatic N) is 2. The molecule has 2 heterocycles. The van der Waals surface area contributed by atoms with Gasteiger partial charge in [-0.2, -0.15) is 0 Å². The van der Waals surface area contributed by atoms with E-state index in [2.05, 4.69) is 10.1 Å². The van der Waals surface area contributed by atoms with E-state index in [0.29, 0.717) is 12.8 Å². The SMILES string of the molecule is NC(Cc1cccc(CCO)n1)c1ccccc1-c1noc2ccccc12. The summed E-state index contributed by atoms with van der Waals surface area (Å²) in [4.78, 5) is 4.60. The van der Waals surface area contributed by atoms with Crippen LogP contribution in [0.25, 0.3) is 22.2 Å². The van der Waals surface area contributed by atoms with Gasteiger partial charge in [-0.25, -0.2) is 0 Å². The number of fused-ring (bicyclic) bond motifs is 1. The Kier molecular flexibility index (Phi) is 4.96. The van der Waals surface area contributed by atoms with Crippen molar-refractivity contribution in [2.24, 2.45) is 5.73 Å². The van der Waals surface area contributed by atoms with Gasteiger partial charge in [-0.3, -0.25) is 4.98 Å². The highest BCUT2D eigenvalue weighted by atomic mass is 16.5. The van der Waals surface area contributed by atoms with Crippen LogP contribution in [0.3, 0.4) is 0 Å². The largest absolute Gasteiger partial charge is 0.396 e. The summed E-state index contributed by atoms with van der Waals surface area (Å²) in [5, 5.41) is 14.4. The van der Waals surface area contributed by atoms with Crippen molar-refractivity contribution < 1.29 is 9.63 Å². The Hall–Kier alpha value is -3.02. The van der Waals surface area contributed by atoms with Crippen molar-refractivity contribution in [3.05, 3.63) is 83.7 Å². The maximum absolute atomic E-state index is 9.12. The highest BCUT2D eigenvalue weighted by Crippen LogP contribution is 2.33. The molecule has 0 saturated carbocycles. The maximum Gasteiger partial charge on any atom is 0.167 e. The second-order valence-electron chi connectivity index (χ2n) is 6.52. The predicted octanol–water partition coefficient (Wildman–Crippen LogP) is 3.67. The normalized spacial score (nSPS) is 12.4. The molecule has 0 aliphatic heterocycles. The third kappa shape index (κ3) is 3.60. The van der Waals surface area contributed by atoms with Gasteiger partial charge in [0.25, 0.3) is 0 Å². The lowest BCUT2D eigenvalue weighted by Crippen LogP contribution is -2.15. The Morgan fingerprint density at radius 3 is 2.59 bits per heavy atom. The molecule has 4 aromatic rings. The molecule has 0 amide bonds. The van der Waals surface area contributed by atoms with Gasteiger partial charge in [0.15, 0.2) is 5.58 Å². The van der Waals surface area contributed by atoms with Crippen molar-refractivity contribution in [3.8, 4) is 11.3 Å². The third-order valence-electron chi connectivity index (χ3n) is 4.65. The number of rotatable bonds is 6. The second-order valence-corrected chi connectivity index (χ2v) is 6.52. The number of nitrogens with two attached hydrogens (primary N) is 1. The van der Waals surface area contributed by atoms with E-state index in [1.165, 1.54) is 0 Å². The first-order valence-electron chi connectivity index (χ1n) is 9.01. The first-order chi connectivity index (χ1) is 13.3. The summed E-state index contributed by atoms with van der Waals surface area (Å²) in [6.45, 7) is 0.0879. The van der Waals surface area contributed by atoms with Gasteiger partial charge in [0, 0.05) is 47.8 Å². The molecule has 3 N–H and O–H groups in total. The maximum atomic E-state index is 9.12. The minimum absolute atomic E-state index is 0.0879. The molecule has 0 aliphatic rings. The summed E-state index contributed by atoms with van der Waals surface area (Å²) < 4.78 is 5.47. The Balaban J connectivity index is 1.67. The van der Waals surface area contributed by atoms with Crippen LogP contribution in [0.5, 0.6) is 0 Å². The van der Waals surface area contributed by atoms with Crippen LogP contribution >= 0.6 is 0 Å². The number of aliphatic hydroxyl groups excluding tert-OH is 1. The van der Waals surface area contributed by atoms with Crippen LogP contribution in [0.15, 0.2) is 71.3 Å². The fourth-order valence-electron chi connectivity index (χ4n) is 3.35. The smallest absolute Gasteiger partial charge is 0.167 e. The highest BCUT2D eigenvalue weighted by Gasteiger charge is 2.18. The number of hydrogen-bond donors (Lipinski definition) is 2. The third-order valence-corrected chi connectivity index (χ3v) is 4.65. The monoisotopic (exact) mass is 359 g/mol. The van der Waals surface area contributed by atoms with E-state index in [9.17, 15) is 0 Å². The lowest BCUT2D eigenvalue weighted by Gasteiger charge is -2.16. The number of aromatic nitrogens is 2. The van der Waals surface area contributed by atoms with E-state index in [0.717, 1.165) is 39.2 Å². The molecule has 0 radical (unpaired) electrons. The summed E-state index contributed by atoms with van der Waals surface area (Å²) in [5.41, 5.74) is 11.9. The van der Waals surface area contributed by atoms with Gasteiger partial charge in [-0.15, -0.1) is 0 Å². The molecular weight excluding hydrogens is 338 g/mol. The number of aliphatic hydroxyl groups is 1. The first kappa shape index (κ1) is 17.4. The lowest BCUT2D eigenvalue weighted by atomic mass is 9.94. The van der Waals surface area contributed by atoms with Crippen LogP contribution < -0.4 is 5.73 Å². The van der Waals surface area contributed by atoms with Crippen LogP contribution in [0.1, 0.15) is 23.0 Å². The second kappa shape index (κ2) is 7.70. The number of benzene rings is 2. The molecule has 1 unspecified atom stereocenters. The van der Waals surface area contributed by atoms with Gasteiger partial charge < -0.3 is 15.4 Å². The molecule has 27 heavy (non-hydrogen) atoms. The van der Waals surface area contributed by atoms with Crippen LogP contribution in [-0.2, 0) is 12.8 Å². The van der Waals surface area contributed by atoms with E-state index in [-0.39, 0.29) is 12.6 Å². The van der Waals surface area contributed by atoms with Gasteiger partial charge >= 0.3 is 0 Å². The number of pyridine rings is 1. The van der Waals surface area contributed by atoms with Crippen LogP contribution in [0.4, 0.5) is 0 Å².